The predicted octanol–water partition coefficient (Wildman–Crippen LogP) is 1.00. The van der Waals surface area contributed by atoms with Crippen LogP contribution in [0.15, 0.2) is 6.33 Å². The number of carbonyl (C=O) groups excluding carboxylic acids is 1. The molecule has 0 spiro atoms. The number of anilines is 1. The lowest BCUT2D eigenvalue weighted by molar-refractivity contribution is -0.384. The molecule has 8 nitrogen and oxygen atoms in total. The van der Waals surface area contributed by atoms with Gasteiger partial charge < -0.3 is 10.2 Å². The highest BCUT2D eigenvalue weighted by Crippen LogP contribution is 2.31. The standard InChI is InChI=1S/C10H14ClN5O3/c1-3-4-15(5-7(17)12-2)10-8(16(18)19)9(11)13-6-14-10/h6H,3-5H2,1-2H3,(H,12,17). The molecule has 0 saturated carbocycles. The molecule has 0 atom stereocenters. The van der Waals surface area contributed by atoms with Crippen molar-refractivity contribution < 1.29 is 9.72 Å². The maximum Gasteiger partial charge on any atom is 0.348 e. The van der Waals surface area contributed by atoms with Crippen molar-refractivity contribution in [1.29, 1.82) is 0 Å². The van der Waals surface area contributed by atoms with Crippen LogP contribution in [-0.4, -0.2) is 40.9 Å². The second-order valence-corrected chi connectivity index (χ2v) is 4.05. The van der Waals surface area contributed by atoms with Crippen molar-refractivity contribution in [3.8, 4) is 0 Å². The fraction of sp³-hybridized carbons (Fsp3) is 0.500. The van der Waals surface area contributed by atoms with E-state index in [1.54, 1.807) is 0 Å². The van der Waals surface area contributed by atoms with Crippen LogP contribution in [0.3, 0.4) is 0 Å². The van der Waals surface area contributed by atoms with Crippen LogP contribution in [0, 0.1) is 10.1 Å². The fourth-order valence-corrected chi connectivity index (χ4v) is 1.72. The molecular weight excluding hydrogens is 274 g/mol. The van der Waals surface area contributed by atoms with Gasteiger partial charge in [0.1, 0.15) is 6.33 Å². The van der Waals surface area contributed by atoms with Crippen LogP contribution in [-0.2, 0) is 4.79 Å². The summed E-state index contributed by atoms with van der Waals surface area (Å²) in [5, 5.41) is 13.2. The van der Waals surface area contributed by atoms with E-state index < -0.39 is 4.92 Å². The first-order valence-corrected chi connectivity index (χ1v) is 5.99. The lowest BCUT2D eigenvalue weighted by atomic mass is 10.3. The second-order valence-electron chi connectivity index (χ2n) is 3.69. The zero-order chi connectivity index (χ0) is 14.4. The average Bonchev–Trinajstić information content (AvgIpc) is 2.37. The minimum Gasteiger partial charge on any atom is -0.358 e. The molecular formula is C10H14ClN5O3. The summed E-state index contributed by atoms with van der Waals surface area (Å²) in [4.78, 5) is 30.8. The monoisotopic (exact) mass is 287 g/mol. The van der Waals surface area contributed by atoms with E-state index in [0.717, 1.165) is 6.33 Å². The van der Waals surface area contributed by atoms with Crippen LogP contribution in [0.1, 0.15) is 13.3 Å². The molecule has 0 radical (unpaired) electrons. The van der Waals surface area contributed by atoms with Crippen LogP contribution in [0.25, 0.3) is 0 Å². The lowest BCUT2D eigenvalue weighted by Crippen LogP contribution is -2.37. The van der Waals surface area contributed by atoms with E-state index >= 15 is 0 Å². The Balaban J connectivity index is 3.18. The molecule has 0 aliphatic heterocycles. The number of rotatable bonds is 6. The van der Waals surface area contributed by atoms with Crippen LogP contribution in [0.5, 0.6) is 0 Å². The third kappa shape index (κ3) is 3.75. The zero-order valence-electron chi connectivity index (χ0n) is 10.6. The lowest BCUT2D eigenvalue weighted by Gasteiger charge is -2.21. The summed E-state index contributed by atoms with van der Waals surface area (Å²) in [7, 11) is 1.49. The fourth-order valence-electron chi connectivity index (χ4n) is 1.52. The molecule has 0 aromatic carbocycles. The van der Waals surface area contributed by atoms with E-state index in [9.17, 15) is 14.9 Å². The number of hydrogen-bond donors (Lipinski definition) is 1. The maximum absolute atomic E-state index is 11.4. The number of nitrogens with one attached hydrogen (secondary N) is 1. The molecule has 0 bridgehead atoms. The second kappa shape index (κ2) is 6.83. The molecule has 1 rings (SSSR count). The van der Waals surface area contributed by atoms with Gasteiger partial charge in [-0.2, -0.15) is 0 Å². The highest BCUT2D eigenvalue weighted by Gasteiger charge is 2.26. The summed E-state index contributed by atoms with van der Waals surface area (Å²) < 4.78 is 0. The molecule has 9 heteroatoms. The molecule has 0 fully saturated rings. The van der Waals surface area contributed by atoms with Gasteiger partial charge in [-0.1, -0.05) is 18.5 Å². The van der Waals surface area contributed by atoms with Crippen molar-refractivity contribution >= 4 is 29.0 Å². The van der Waals surface area contributed by atoms with Crippen LogP contribution >= 0.6 is 11.6 Å². The number of nitrogens with zero attached hydrogens (tertiary/aromatic N) is 4. The zero-order valence-corrected chi connectivity index (χ0v) is 11.3. The largest absolute Gasteiger partial charge is 0.358 e. The predicted molar refractivity (Wildman–Crippen MR) is 70.3 cm³/mol. The SMILES string of the molecule is CCCN(CC(=O)NC)c1ncnc(Cl)c1[N+](=O)[O-]. The summed E-state index contributed by atoms with van der Waals surface area (Å²) in [6, 6.07) is 0. The number of nitro groups is 1. The quantitative estimate of drug-likeness (QED) is 0.476. The molecule has 0 unspecified atom stereocenters. The highest BCUT2D eigenvalue weighted by atomic mass is 35.5. The van der Waals surface area contributed by atoms with Gasteiger partial charge in [0, 0.05) is 13.6 Å². The molecule has 0 saturated heterocycles. The molecule has 1 N–H and O–H groups in total. The van der Waals surface area contributed by atoms with E-state index in [1.165, 1.54) is 11.9 Å². The Bertz CT molecular complexity index is 482. The van der Waals surface area contributed by atoms with E-state index in [-0.39, 0.29) is 29.1 Å². The summed E-state index contributed by atoms with van der Waals surface area (Å²) in [5.41, 5.74) is -0.387. The van der Waals surface area contributed by atoms with Gasteiger partial charge in [0.15, 0.2) is 0 Å². The van der Waals surface area contributed by atoms with E-state index in [2.05, 4.69) is 15.3 Å². The summed E-state index contributed by atoms with van der Waals surface area (Å²) in [6.07, 6.45) is 1.84. The minimum atomic E-state index is -0.649. The molecule has 1 aromatic rings. The topological polar surface area (TPSA) is 101 Å². The first-order valence-electron chi connectivity index (χ1n) is 5.61. The average molecular weight is 288 g/mol. The van der Waals surface area contributed by atoms with Crippen molar-refractivity contribution in [2.24, 2.45) is 0 Å². The minimum absolute atomic E-state index is 0.0292. The van der Waals surface area contributed by atoms with Crippen LogP contribution in [0.2, 0.25) is 5.15 Å². The Kier molecular flexibility index (Phi) is 5.43. The van der Waals surface area contributed by atoms with Gasteiger partial charge in [0.2, 0.25) is 16.9 Å². The van der Waals surface area contributed by atoms with Crippen LogP contribution in [0.4, 0.5) is 11.5 Å². The van der Waals surface area contributed by atoms with Crippen molar-refractivity contribution in [2.75, 3.05) is 25.0 Å². The molecule has 104 valence electrons. The van der Waals surface area contributed by atoms with Crippen molar-refractivity contribution in [3.05, 3.63) is 21.6 Å². The van der Waals surface area contributed by atoms with Gasteiger partial charge in [-0.3, -0.25) is 14.9 Å². The molecule has 19 heavy (non-hydrogen) atoms. The number of amides is 1. The van der Waals surface area contributed by atoms with Crippen molar-refractivity contribution in [1.82, 2.24) is 15.3 Å². The van der Waals surface area contributed by atoms with E-state index in [0.29, 0.717) is 13.0 Å². The number of aromatic nitrogens is 2. The van der Waals surface area contributed by atoms with Crippen LogP contribution < -0.4 is 10.2 Å². The Hall–Kier alpha value is -1.96. The first-order chi connectivity index (χ1) is 9.01. The number of hydrogen-bond acceptors (Lipinski definition) is 6. The van der Waals surface area contributed by atoms with Gasteiger partial charge in [-0.05, 0) is 6.42 Å². The molecule has 0 aliphatic rings. The van der Waals surface area contributed by atoms with Gasteiger partial charge >= 0.3 is 5.69 Å². The van der Waals surface area contributed by atoms with Gasteiger partial charge in [-0.15, -0.1) is 0 Å². The Morgan fingerprint density at radius 2 is 2.26 bits per heavy atom. The number of carbonyl (C=O) groups is 1. The van der Waals surface area contributed by atoms with E-state index in [1.807, 2.05) is 6.92 Å². The molecule has 1 amide bonds. The van der Waals surface area contributed by atoms with Crippen molar-refractivity contribution in [3.63, 3.8) is 0 Å². The van der Waals surface area contributed by atoms with Gasteiger partial charge in [-0.25, -0.2) is 9.97 Å². The first kappa shape index (κ1) is 15.1. The molecule has 1 aromatic heterocycles. The Morgan fingerprint density at radius 1 is 1.58 bits per heavy atom. The maximum atomic E-state index is 11.4. The summed E-state index contributed by atoms with van der Waals surface area (Å²) >= 11 is 5.72. The third-order valence-electron chi connectivity index (χ3n) is 2.35. The molecule has 1 heterocycles. The van der Waals surface area contributed by atoms with E-state index in [4.69, 9.17) is 11.6 Å². The van der Waals surface area contributed by atoms with Gasteiger partial charge in [0.05, 0.1) is 11.5 Å². The van der Waals surface area contributed by atoms with Gasteiger partial charge in [0.25, 0.3) is 0 Å². The number of halogens is 1. The highest BCUT2D eigenvalue weighted by molar-refractivity contribution is 6.31. The summed E-state index contributed by atoms with van der Waals surface area (Å²) in [5.74, 6) is -0.215. The smallest absolute Gasteiger partial charge is 0.348 e. The molecule has 0 aliphatic carbocycles. The summed E-state index contributed by atoms with van der Waals surface area (Å²) in [6.45, 7) is 2.31. The van der Waals surface area contributed by atoms with Crippen molar-refractivity contribution in [2.45, 2.75) is 13.3 Å². The normalized spacial score (nSPS) is 10.1. The Labute approximate surface area is 114 Å². The Morgan fingerprint density at radius 3 is 2.79 bits per heavy atom. The third-order valence-corrected chi connectivity index (χ3v) is 2.62. The number of likely N-dealkylation sites (N-methyl/N-ethyl adjacent to an activating group) is 1.